The second kappa shape index (κ2) is 6.81. The fraction of sp³-hybridized carbons (Fsp3) is 0.400. The molecule has 2 nitrogen and oxygen atoms in total. The Morgan fingerprint density at radius 3 is 2.57 bits per heavy atom. The SMILES string of the molecule is Fc1ccc(CCOCCNS)cc1. The van der Waals surface area contributed by atoms with E-state index in [4.69, 9.17) is 4.74 Å². The lowest BCUT2D eigenvalue weighted by Gasteiger charge is -2.03. The monoisotopic (exact) mass is 215 g/mol. The van der Waals surface area contributed by atoms with Crippen LogP contribution in [0.5, 0.6) is 0 Å². The summed E-state index contributed by atoms with van der Waals surface area (Å²) in [6.45, 7) is 2.03. The molecule has 1 N–H and O–H groups in total. The van der Waals surface area contributed by atoms with E-state index in [9.17, 15) is 4.39 Å². The molecule has 0 saturated heterocycles. The lowest BCUT2D eigenvalue weighted by Crippen LogP contribution is -2.11. The summed E-state index contributed by atoms with van der Waals surface area (Å²) in [5.74, 6) is -0.200. The van der Waals surface area contributed by atoms with Gasteiger partial charge in [-0.05, 0) is 24.1 Å². The summed E-state index contributed by atoms with van der Waals surface area (Å²) < 4.78 is 20.5. The van der Waals surface area contributed by atoms with Crippen molar-refractivity contribution in [3.63, 3.8) is 0 Å². The summed E-state index contributed by atoms with van der Waals surface area (Å²) in [7, 11) is 0. The first kappa shape index (κ1) is 11.5. The molecule has 0 heterocycles. The van der Waals surface area contributed by atoms with E-state index in [1.165, 1.54) is 12.1 Å². The molecule has 0 spiro atoms. The first-order valence-corrected chi connectivity index (χ1v) is 4.97. The van der Waals surface area contributed by atoms with Gasteiger partial charge in [0.15, 0.2) is 0 Å². The molecule has 78 valence electrons. The number of nitrogens with one attached hydrogen (secondary N) is 1. The molecule has 0 atom stereocenters. The summed E-state index contributed by atoms with van der Waals surface area (Å²) >= 11 is 3.83. The molecule has 1 aromatic rings. The number of hydrogen-bond acceptors (Lipinski definition) is 3. The highest BCUT2D eigenvalue weighted by atomic mass is 32.1. The minimum atomic E-state index is -0.200. The van der Waals surface area contributed by atoms with Gasteiger partial charge in [0.05, 0.1) is 13.2 Å². The molecule has 4 heteroatoms. The Hall–Kier alpha value is -0.580. The third-order valence-electron chi connectivity index (χ3n) is 1.81. The molecule has 0 aliphatic rings. The molecule has 1 rings (SSSR count). The maximum Gasteiger partial charge on any atom is 0.123 e. The van der Waals surface area contributed by atoms with Gasteiger partial charge in [0.2, 0.25) is 0 Å². The van der Waals surface area contributed by atoms with Gasteiger partial charge in [0, 0.05) is 6.54 Å². The first-order chi connectivity index (χ1) is 6.83. The zero-order valence-electron chi connectivity index (χ0n) is 7.87. The average molecular weight is 215 g/mol. The summed E-state index contributed by atoms with van der Waals surface area (Å²) in [5.41, 5.74) is 1.09. The highest BCUT2D eigenvalue weighted by molar-refractivity contribution is 7.78. The third kappa shape index (κ3) is 4.60. The maximum atomic E-state index is 12.5. The fourth-order valence-corrected chi connectivity index (χ4v) is 1.15. The highest BCUT2D eigenvalue weighted by Crippen LogP contribution is 2.03. The fourth-order valence-electron chi connectivity index (χ4n) is 1.06. The van der Waals surface area contributed by atoms with Crippen LogP contribution >= 0.6 is 12.8 Å². The standard InChI is InChI=1S/C10H14FNOS/c11-10-3-1-9(2-4-10)5-7-13-8-6-12-14/h1-4,12,14H,5-8H2. The van der Waals surface area contributed by atoms with Gasteiger partial charge in [0.1, 0.15) is 5.82 Å². The second-order valence-electron chi connectivity index (χ2n) is 2.90. The van der Waals surface area contributed by atoms with Gasteiger partial charge >= 0.3 is 0 Å². The minimum absolute atomic E-state index is 0.200. The molecule has 0 aromatic heterocycles. The number of hydrogen-bond donors (Lipinski definition) is 2. The van der Waals surface area contributed by atoms with E-state index in [0.717, 1.165) is 18.5 Å². The van der Waals surface area contributed by atoms with Gasteiger partial charge < -0.3 is 4.74 Å². The topological polar surface area (TPSA) is 21.3 Å². The molecule has 0 bridgehead atoms. The Morgan fingerprint density at radius 2 is 1.93 bits per heavy atom. The van der Waals surface area contributed by atoms with Crippen LogP contribution in [0.4, 0.5) is 4.39 Å². The van der Waals surface area contributed by atoms with Crippen LogP contribution in [0.3, 0.4) is 0 Å². The molecule has 0 amide bonds. The van der Waals surface area contributed by atoms with Gasteiger partial charge in [-0.25, -0.2) is 4.39 Å². The number of benzene rings is 1. The molecule has 0 radical (unpaired) electrons. The Labute approximate surface area is 89.0 Å². The molecule has 0 fully saturated rings. The molecule has 1 aromatic carbocycles. The molecular formula is C10H14FNOS. The van der Waals surface area contributed by atoms with Crippen molar-refractivity contribution >= 4 is 12.8 Å². The van der Waals surface area contributed by atoms with Crippen molar-refractivity contribution in [2.75, 3.05) is 19.8 Å². The number of halogens is 1. The highest BCUT2D eigenvalue weighted by Gasteiger charge is 1.94. The first-order valence-electron chi connectivity index (χ1n) is 4.52. The van der Waals surface area contributed by atoms with Crippen LogP contribution < -0.4 is 4.72 Å². The van der Waals surface area contributed by atoms with Crippen LogP contribution in [0, 0.1) is 5.82 Å². The summed E-state index contributed by atoms with van der Waals surface area (Å²) in [4.78, 5) is 0. The van der Waals surface area contributed by atoms with Crippen LogP contribution in [0.15, 0.2) is 24.3 Å². The van der Waals surface area contributed by atoms with E-state index in [-0.39, 0.29) is 5.82 Å². The predicted molar refractivity (Wildman–Crippen MR) is 57.9 cm³/mol. The molecular weight excluding hydrogens is 201 g/mol. The van der Waals surface area contributed by atoms with Gasteiger partial charge in [0.25, 0.3) is 0 Å². The number of thiol groups is 1. The Balaban J connectivity index is 2.15. The van der Waals surface area contributed by atoms with Crippen molar-refractivity contribution in [1.82, 2.24) is 4.72 Å². The average Bonchev–Trinajstić information content (AvgIpc) is 2.21. The van der Waals surface area contributed by atoms with E-state index >= 15 is 0 Å². The third-order valence-corrected chi connectivity index (χ3v) is 2.03. The largest absolute Gasteiger partial charge is 0.380 e. The van der Waals surface area contributed by atoms with Gasteiger partial charge in [-0.3, -0.25) is 4.72 Å². The van der Waals surface area contributed by atoms with Crippen LogP contribution in [-0.2, 0) is 11.2 Å². The van der Waals surface area contributed by atoms with E-state index in [0.29, 0.717) is 13.2 Å². The van der Waals surface area contributed by atoms with Crippen molar-refractivity contribution in [3.05, 3.63) is 35.6 Å². The zero-order valence-corrected chi connectivity index (χ0v) is 8.77. The second-order valence-corrected chi connectivity index (χ2v) is 3.21. The van der Waals surface area contributed by atoms with Crippen molar-refractivity contribution in [2.45, 2.75) is 6.42 Å². The van der Waals surface area contributed by atoms with Gasteiger partial charge in [-0.1, -0.05) is 24.9 Å². The molecule has 14 heavy (non-hydrogen) atoms. The van der Waals surface area contributed by atoms with Crippen molar-refractivity contribution in [1.29, 1.82) is 0 Å². The number of ether oxygens (including phenoxy) is 1. The summed E-state index contributed by atoms with van der Waals surface area (Å²) in [6.07, 6.45) is 0.812. The van der Waals surface area contributed by atoms with Gasteiger partial charge in [-0.15, -0.1) is 0 Å². The lowest BCUT2D eigenvalue weighted by atomic mass is 10.2. The smallest absolute Gasteiger partial charge is 0.123 e. The van der Waals surface area contributed by atoms with Crippen LogP contribution in [-0.4, -0.2) is 19.8 Å². The summed E-state index contributed by atoms with van der Waals surface area (Å²) in [5, 5.41) is 0. The molecule has 0 aliphatic carbocycles. The molecule has 0 saturated carbocycles. The Bertz CT molecular complexity index is 253. The Kier molecular flexibility index (Phi) is 5.59. The van der Waals surface area contributed by atoms with E-state index < -0.39 is 0 Å². The molecule has 0 aliphatic heterocycles. The molecule has 0 unspecified atom stereocenters. The predicted octanol–water partition coefficient (Wildman–Crippen LogP) is 1.82. The summed E-state index contributed by atoms with van der Waals surface area (Å²) in [6, 6.07) is 6.47. The van der Waals surface area contributed by atoms with E-state index in [1.807, 2.05) is 0 Å². The van der Waals surface area contributed by atoms with E-state index in [2.05, 4.69) is 17.5 Å². The van der Waals surface area contributed by atoms with Crippen LogP contribution in [0.25, 0.3) is 0 Å². The van der Waals surface area contributed by atoms with E-state index in [1.54, 1.807) is 12.1 Å². The van der Waals surface area contributed by atoms with Crippen molar-refractivity contribution in [3.8, 4) is 0 Å². The quantitative estimate of drug-likeness (QED) is 0.558. The zero-order chi connectivity index (χ0) is 10.2. The Morgan fingerprint density at radius 1 is 1.21 bits per heavy atom. The normalized spacial score (nSPS) is 10.4. The van der Waals surface area contributed by atoms with Gasteiger partial charge in [-0.2, -0.15) is 0 Å². The minimum Gasteiger partial charge on any atom is -0.380 e. The van der Waals surface area contributed by atoms with Crippen molar-refractivity contribution < 1.29 is 9.13 Å². The maximum absolute atomic E-state index is 12.5. The number of rotatable bonds is 6. The lowest BCUT2D eigenvalue weighted by molar-refractivity contribution is 0.143. The van der Waals surface area contributed by atoms with Crippen molar-refractivity contribution in [2.24, 2.45) is 0 Å². The van der Waals surface area contributed by atoms with Crippen LogP contribution in [0.1, 0.15) is 5.56 Å². The van der Waals surface area contributed by atoms with Crippen LogP contribution in [0.2, 0.25) is 0 Å².